The van der Waals surface area contributed by atoms with Crippen LogP contribution in [0.15, 0.2) is 30.3 Å². The molecule has 1 amide bonds. The quantitative estimate of drug-likeness (QED) is 0.739. The van der Waals surface area contributed by atoms with E-state index >= 15 is 0 Å². The Morgan fingerprint density at radius 2 is 2.23 bits per heavy atom. The molecule has 0 radical (unpaired) electrons. The van der Waals surface area contributed by atoms with Gasteiger partial charge in [-0.15, -0.1) is 11.3 Å². The van der Waals surface area contributed by atoms with Gasteiger partial charge >= 0.3 is 0 Å². The Bertz CT molecular complexity index is 841. The topological polar surface area (TPSA) is 56.1 Å². The van der Waals surface area contributed by atoms with Crippen LogP contribution in [0.3, 0.4) is 0 Å². The molecule has 0 spiro atoms. The fourth-order valence-corrected chi connectivity index (χ4v) is 3.41. The molecule has 2 heterocycles. The number of carbonyl (C=O) groups excluding carboxylic acids is 1. The number of aromatic nitrogens is 2. The number of thiophene rings is 1. The summed E-state index contributed by atoms with van der Waals surface area (Å²) in [6, 6.07) is 9.31. The predicted octanol–water partition coefficient (Wildman–Crippen LogP) is 3.73. The summed E-state index contributed by atoms with van der Waals surface area (Å²) >= 11 is 7.61. The van der Waals surface area contributed by atoms with Crippen molar-refractivity contribution < 1.29 is 9.63 Å². The van der Waals surface area contributed by atoms with Crippen molar-refractivity contribution in [3.8, 4) is 5.69 Å². The van der Waals surface area contributed by atoms with E-state index in [1.165, 1.54) is 11.3 Å². The van der Waals surface area contributed by atoms with E-state index in [0.717, 1.165) is 21.6 Å². The van der Waals surface area contributed by atoms with E-state index in [4.69, 9.17) is 16.4 Å². The van der Waals surface area contributed by atoms with Crippen molar-refractivity contribution in [2.45, 2.75) is 13.8 Å². The van der Waals surface area contributed by atoms with E-state index in [2.05, 4.69) is 10.6 Å². The molecule has 1 N–H and O–H groups in total. The molecular formula is C15H14ClN3O2S. The van der Waals surface area contributed by atoms with Crippen LogP contribution in [0.2, 0.25) is 5.02 Å². The van der Waals surface area contributed by atoms with E-state index < -0.39 is 0 Å². The first kappa shape index (κ1) is 15.0. The molecule has 22 heavy (non-hydrogen) atoms. The first-order chi connectivity index (χ1) is 10.6. The standard InChI is InChI=1S/C15H14ClN3O2S/c1-3-21-18-14(20)13-8-10-9(2)17-19(15(10)22-13)12-7-5-4-6-11(12)16/h4-8H,3H2,1-2H3,(H,18,20). The highest BCUT2D eigenvalue weighted by Crippen LogP contribution is 2.32. The average molecular weight is 336 g/mol. The molecule has 1 aromatic carbocycles. The smallest absolute Gasteiger partial charge is 0.274 e. The molecule has 114 valence electrons. The highest BCUT2D eigenvalue weighted by atomic mass is 35.5. The van der Waals surface area contributed by atoms with Crippen LogP contribution in [0.25, 0.3) is 15.9 Å². The molecule has 7 heteroatoms. The van der Waals surface area contributed by atoms with Gasteiger partial charge in [0.05, 0.1) is 27.9 Å². The fourth-order valence-electron chi connectivity index (χ4n) is 2.13. The zero-order chi connectivity index (χ0) is 15.7. The Hall–Kier alpha value is -1.89. The number of para-hydroxylation sites is 1. The predicted molar refractivity (Wildman–Crippen MR) is 87.8 cm³/mol. The summed E-state index contributed by atoms with van der Waals surface area (Å²) in [6.07, 6.45) is 0. The Balaban J connectivity index is 2.08. The van der Waals surface area contributed by atoms with Crippen LogP contribution in [-0.4, -0.2) is 22.3 Å². The summed E-state index contributed by atoms with van der Waals surface area (Å²) in [7, 11) is 0. The van der Waals surface area contributed by atoms with Crippen molar-refractivity contribution in [3.63, 3.8) is 0 Å². The molecule has 3 aromatic rings. The lowest BCUT2D eigenvalue weighted by atomic mass is 10.3. The number of hydroxylamine groups is 1. The molecular weight excluding hydrogens is 322 g/mol. The van der Waals surface area contributed by atoms with Crippen LogP contribution in [0.5, 0.6) is 0 Å². The van der Waals surface area contributed by atoms with Crippen molar-refractivity contribution in [2.24, 2.45) is 0 Å². The van der Waals surface area contributed by atoms with Gasteiger partial charge in [0.25, 0.3) is 5.91 Å². The van der Waals surface area contributed by atoms with E-state index in [0.29, 0.717) is 16.5 Å². The zero-order valence-electron chi connectivity index (χ0n) is 12.1. The lowest BCUT2D eigenvalue weighted by Crippen LogP contribution is -2.22. The number of hydrogen-bond acceptors (Lipinski definition) is 4. The van der Waals surface area contributed by atoms with Crippen molar-refractivity contribution in [2.75, 3.05) is 6.61 Å². The number of nitrogens with one attached hydrogen (secondary N) is 1. The molecule has 0 aliphatic rings. The summed E-state index contributed by atoms with van der Waals surface area (Å²) < 4.78 is 1.77. The van der Waals surface area contributed by atoms with Gasteiger partial charge in [-0.3, -0.25) is 9.63 Å². The average Bonchev–Trinajstić information content (AvgIpc) is 3.07. The SMILES string of the molecule is CCONC(=O)c1cc2c(C)nn(-c3ccccc3Cl)c2s1. The first-order valence-corrected chi connectivity index (χ1v) is 7.97. The summed E-state index contributed by atoms with van der Waals surface area (Å²) in [5, 5.41) is 6.07. The maximum absolute atomic E-state index is 12.0. The second-order valence-corrected chi connectivity index (χ2v) is 6.08. The number of carbonyl (C=O) groups is 1. The van der Waals surface area contributed by atoms with Crippen LogP contribution in [0, 0.1) is 6.92 Å². The van der Waals surface area contributed by atoms with E-state index in [1.807, 2.05) is 44.2 Å². The van der Waals surface area contributed by atoms with Gasteiger partial charge in [0.2, 0.25) is 0 Å². The molecule has 0 saturated heterocycles. The highest BCUT2D eigenvalue weighted by molar-refractivity contribution is 7.20. The van der Waals surface area contributed by atoms with Gasteiger partial charge in [-0.05, 0) is 32.0 Å². The summed E-state index contributed by atoms with van der Waals surface area (Å²) in [6.45, 7) is 4.14. The van der Waals surface area contributed by atoms with Crippen molar-refractivity contribution in [1.82, 2.24) is 15.3 Å². The van der Waals surface area contributed by atoms with Gasteiger partial charge in [0, 0.05) is 5.39 Å². The number of nitrogens with zero attached hydrogens (tertiary/aromatic N) is 2. The Kier molecular flexibility index (Phi) is 4.15. The molecule has 5 nitrogen and oxygen atoms in total. The van der Waals surface area contributed by atoms with E-state index in [-0.39, 0.29) is 5.91 Å². The van der Waals surface area contributed by atoms with Gasteiger partial charge in [-0.25, -0.2) is 10.2 Å². The summed E-state index contributed by atoms with van der Waals surface area (Å²) in [4.78, 5) is 18.4. The second kappa shape index (κ2) is 6.08. The molecule has 3 rings (SSSR count). The number of rotatable bonds is 4. The largest absolute Gasteiger partial charge is 0.284 e. The van der Waals surface area contributed by atoms with Crippen molar-refractivity contribution >= 4 is 39.1 Å². The number of amides is 1. The van der Waals surface area contributed by atoms with Gasteiger partial charge in [-0.1, -0.05) is 23.7 Å². The lowest BCUT2D eigenvalue weighted by Gasteiger charge is -2.04. The number of halogens is 1. The molecule has 0 bridgehead atoms. The minimum atomic E-state index is -0.256. The van der Waals surface area contributed by atoms with E-state index in [1.54, 1.807) is 4.68 Å². The monoisotopic (exact) mass is 335 g/mol. The fraction of sp³-hybridized carbons (Fsp3) is 0.200. The van der Waals surface area contributed by atoms with Crippen molar-refractivity contribution in [1.29, 1.82) is 0 Å². The van der Waals surface area contributed by atoms with Crippen LogP contribution < -0.4 is 5.48 Å². The third-order valence-corrected chi connectivity index (χ3v) is 4.59. The minimum Gasteiger partial charge on any atom is -0.274 e. The zero-order valence-corrected chi connectivity index (χ0v) is 13.7. The maximum Gasteiger partial charge on any atom is 0.284 e. The molecule has 0 aliphatic carbocycles. The van der Waals surface area contributed by atoms with Gasteiger partial charge < -0.3 is 0 Å². The maximum atomic E-state index is 12.0. The summed E-state index contributed by atoms with van der Waals surface area (Å²) in [5.74, 6) is -0.256. The van der Waals surface area contributed by atoms with Crippen LogP contribution >= 0.6 is 22.9 Å². The minimum absolute atomic E-state index is 0.256. The normalized spacial score (nSPS) is 11.0. The Morgan fingerprint density at radius 1 is 1.45 bits per heavy atom. The third kappa shape index (κ3) is 2.61. The van der Waals surface area contributed by atoms with Crippen LogP contribution in [-0.2, 0) is 4.84 Å². The second-order valence-electron chi connectivity index (χ2n) is 4.64. The number of benzene rings is 1. The molecule has 0 fully saturated rings. The Labute approximate surface area is 136 Å². The highest BCUT2D eigenvalue weighted by Gasteiger charge is 2.18. The van der Waals surface area contributed by atoms with Crippen LogP contribution in [0.1, 0.15) is 22.3 Å². The molecule has 0 unspecified atom stereocenters. The van der Waals surface area contributed by atoms with Gasteiger partial charge in [0.1, 0.15) is 4.83 Å². The summed E-state index contributed by atoms with van der Waals surface area (Å²) in [5.41, 5.74) is 4.05. The number of fused-ring (bicyclic) bond motifs is 1. The molecule has 0 atom stereocenters. The molecule has 0 saturated carbocycles. The number of aryl methyl sites for hydroxylation is 1. The van der Waals surface area contributed by atoms with Crippen molar-refractivity contribution in [3.05, 3.63) is 45.9 Å². The van der Waals surface area contributed by atoms with Gasteiger partial charge in [0.15, 0.2) is 0 Å². The first-order valence-electron chi connectivity index (χ1n) is 6.78. The molecule has 2 aromatic heterocycles. The third-order valence-electron chi connectivity index (χ3n) is 3.16. The van der Waals surface area contributed by atoms with Gasteiger partial charge in [-0.2, -0.15) is 5.10 Å². The number of hydrogen-bond donors (Lipinski definition) is 1. The molecule has 0 aliphatic heterocycles. The van der Waals surface area contributed by atoms with Crippen LogP contribution in [0.4, 0.5) is 0 Å². The Morgan fingerprint density at radius 3 is 2.95 bits per heavy atom. The lowest BCUT2D eigenvalue weighted by molar-refractivity contribution is 0.0368. The van der Waals surface area contributed by atoms with E-state index in [9.17, 15) is 4.79 Å².